The molecule has 0 aromatic heterocycles. The Balaban J connectivity index is 1.83. The first-order chi connectivity index (χ1) is 12.9. The smallest absolute Gasteiger partial charge is 0.255 e. The normalized spacial score (nSPS) is 15.9. The van der Waals surface area contributed by atoms with Gasteiger partial charge in [-0.2, -0.15) is 4.31 Å². The molecule has 1 aliphatic heterocycles. The lowest BCUT2D eigenvalue weighted by atomic mass is 10.1. The zero-order chi connectivity index (χ0) is 19.4. The summed E-state index contributed by atoms with van der Waals surface area (Å²) in [6.45, 7) is 2.91. The molecule has 2 aromatic rings. The third kappa shape index (κ3) is 4.69. The van der Waals surface area contributed by atoms with E-state index in [9.17, 15) is 13.2 Å². The summed E-state index contributed by atoms with van der Waals surface area (Å²) in [5.41, 5.74) is 1.79. The molecule has 5 nitrogen and oxygen atoms in total. The van der Waals surface area contributed by atoms with Crippen LogP contribution in [-0.4, -0.2) is 31.7 Å². The lowest BCUT2D eigenvalue weighted by molar-refractivity contribution is 0.102. The number of nitrogens with zero attached hydrogens (tertiary/aromatic N) is 1. The third-order valence-electron chi connectivity index (χ3n) is 4.74. The number of aryl methyl sites for hydroxylation is 1. The summed E-state index contributed by atoms with van der Waals surface area (Å²) in [6.07, 6.45) is 3.84. The summed E-state index contributed by atoms with van der Waals surface area (Å²) < 4.78 is 27.4. The molecule has 144 valence electrons. The molecule has 3 rings (SSSR count). The molecule has 0 aliphatic carbocycles. The summed E-state index contributed by atoms with van der Waals surface area (Å²) in [6, 6.07) is 11.4. The highest BCUT2D eigenvalue weighted by molar-refractivity contribution is 7.89. The standard InChI is InChI=1S/C20H23ClN2O3S/c1-15-13-17(21)9-10-19(15)22-20(24)16-7-6-8-18(14-16)27(25,26)23-11-4-2-3-5-12-23/h6-10,13-14H,2-5,11-12H2,1H3,(H,22,24). The quantitative estimate of drug-likeness (QED) is 0.814. The van der Waals surface area contributed by atoms with Crippen LogP contribution >= 0.6 is 11.6 Å². The minimum Gasteiger partial charge on any atom is -0.322 e. The summed E-state index contributed by atoms with van der Waals surface area (Å²) in [5, 5.41) is 3.41. The van der Waals surface area contributed by atoms with E-state index in [-0.39, 0.29) is 10.8 Å². The Labute approximate surface area is 165 Å². The molecule has 1 amide bonds. The van der Waals surface area contributed by atoms with E-state index in [0.29, 0.717) is 29.4 Å². The summed E-state index contributed by atoms with van der Waals surface area (Å²) in [5.74, 6) is -0.353. The fourth-order valence-electron chi connectivity index (χ4n) is 3.19. The van der Waals surface area contributed by atoms with Crippen LogP contribution in [0, 0.1) is 6.92 Å². The van der Waals surface area contributed by atoms with E-state index < -0.39 is 10.0 Å². The van der Waals surface area contributed by atoms with Crippen LogP contribution in [0.2, 0.25) is 5.02 Å². The van der Waals surface area contributed by atoms with Crippen LogP contribution in [0.15, 0.2) is 47.4 Å². The molecule has 0 unspecified atom stereocenters. The second-order valence-electron chi connectivity index (χ2n) is 6.76. The maximum Gasteiger partial charge on any atom is 0.255 e. The van der Waals surface area contributed by atoms with Crippen LogP contribution in [0.1, 0.15) is 41.6 Å². The fourth-order valence-corrected chi connectivity index (χ4v) is 4.98. The second-order valence-corrected chi connectivity index (χ2v) is 9.13. The SMILES string of the molecule is Cc1cc(Cl)ccc1NC(=O)c1cccc(S(=O)(=O)N2CCCCCC2)c1. The maximum atomic E-state index is 12.9. The topological polar surface area (TPSA) is 66.5 Å². The van der Waals surface area contributed by atoms with Gasteiger partial charge in [-0.1, -0.05) is 30.5 Å². The average molecular weight is 407 g/mol. The molecule has 0 spiro atoms. The van der Waals surface area contributed by atoms with Gasteiger partial charge >= 0.3 is 0 Å². The molecule has 1 fully saturated rings. The van der Waals surface area contributed by atoms with Crippen LogP contribution in [0.25, 0.3) is 0 Å². The van der Waals surface area contributed by atoms with Crippen molar-refractivity contribution in [2.75, 3.05) is 18.4 Å². The Kier molecular flexibility index (Phi) is 6.19. The molecule has 27 heavy (non-hydrogen) atoms. The number of anilines is 1. The lowest BCUT2D eigenvalue weighted by Crippen LogP contribution is -2.32. The van der Waals surface area contributed by atoms with Crippen molar-refractivity contribution >= 4 is 33.2 Å². The third-order valence-corrected chi connectivity index (χ3v) is 6.87. The first-order valence-electron chi connectivity index (χ1n) is 9.05. The van der Waals surface area contributed by atoms with E-state index in [1.54, 1.807) is 36.4 Å². The number of carbonyl (C=O) groups excluding carboxylic acids is 1. The van der Waals surface area contributed by atoms with Gasteiger partial charge in [-0.3, -0.25) is 4.79 Å². The molecular formula is C20H23ClN2O3S. The van der Waals surface area contributed by atoms with Crippen LogP contribution < -0.4 is 5.32 Å². The number of benzene rings is 2. The average Bonchev–Trinajstić information content (AvgIpc) is 2.94. The van der Waals surface area contributed by atoms with Gasteiger partial charge in [0.25, 0.3) is 5.91 Å². The van der Waals surface area contributed by atoms with Crippen LogP contribution in [0.3, 0.4) is 0 Å². The number of amides is 1. The van der Waals surface area contributed by atoms with Gasteiger partial charge in [0.1, 0.15) is 0 Å². The first kappa shape index (κ1) is 19.9. The molecule has 0 atom stereocenters. The van der Waals surface area contributed by atoms with Gasteiger partial charge in [0, 0.05) is 29.4 Å². The zero-order valence-corrected chi connectivity index (χ0v) is 16.8. The van der Waals surface area contributed by atoms with Crippen molar-refractivity contribution in [1.82, 2.24) is 4.31 Å². The lowest BCUT2D eigenvalue weighted by Gasteiger charge is -2.20. The van der Waals surface area contributed by atoms with Crippen molar-refractivity contribution in [3.63, 3.8) is 0 Å². The van der Waals surface area contributed by atoms with Crippen LogP contribution in [0.4, 0.5) is 5.69 Å². The summed E-state index contributed by atoms with van der Waals surface area (Å²) in [7, 11) is -3.59. The molecule has 0 radical (unpaired) electrons. The molecule has 0 saturated carbocycles. The van der Waals surface area contributed by atoms with Gasteiger partial charge in [-0.25, -0.2) is 8.42 Å². The van der Waals surface area contributed by atoms with Gasteiger partial charge in [0.15, 0.2) is 0 Å². The van der Waals surface area contributed by atoms with Gasteiger partial charge in [-0.15, -0.1) is 0 Å². The van der Waals surface area contributed by atoms with E-state index in [2.05, 4.69) is 5.32 Å². The zero-order valence-electron chi connectivity index (χ0n) is 15.2. The van der Waals surface area contributed by atoms with Crippen molar-refractivity contribution in [1.29, 1.82) is 0 Å². The van der Waals surface area contributed by atoms with Gasteiger partial charge in [0.05, 0.1) is 4.90 Å². The Morgan fingerprint density at radius 1 is 1.04 bits per heavy atom. The molecule has 2 aromatic carbocycles. The molecule has 1 N–H and O–H groups in total. The van der Waals surface area contributed by atoms with Crippen LogP contribution in [0.5, 0.6) is 0 Å². The van der Waals surface area contributed by atoms with Crippen molar-refractivity contribution < 1.29 is 13.2 Å². The Morgan fingerprint density at radius 2 is 1.74 bits per heavy atom. The largest absolute Gasteiger partial charge is 0.322 e. The minimum atomic E-state index is -3.59. The highest BCUT2D eigenvalue weighted by Crippen LogP contribution is 2.23. The molecule has 0 bridgehead atoms. The highest BCUT2D eigenvalue weighted by Gasteiger charge is 2.25. The predicted molar refractivity (Wildman–Crippen MR) is 108 cm³/mol. The van der Waals surface area contributed by atoms with Crippen molar-refractivity contribution in [2.45, 2.75) is 37.5 Å². The Bertz CT molecular complexity index is 936. The van der Waals surface area contributed by atoms with Crippen LogP contribution in [-0.2, 0) is 10.0 Å². The molecule has 1 heterocycles. The molecule has 1 saturated heterocycles. The number of hydrogen-bond acceptors (Lipinski definition) is 3. The highest BCUT2D eigenvalue weighted by atomic mass is 35.5. The van der Waals surface area contributed by atoms with E-state index >= 15 is 0 Å². The number of halogens is 1. The first-order valence-corrected chi connectivity index (χ1v) is 10.9. The van der Waals surface area contributed by atoms with Gasteiger partial charge < -0.3 is 5.32 Å². The molecular weight excluding hydrogens is 384 g/mol. The summed E-state index contributed by atoms with van der Waals surface area (Å²) >= 11 is 5.94. The van der Waals surface area contributed by atoms with Crippen molar-refractivity contribution in [3.05, 3.63) is 58.6 Å². The number of sulfonamides is 1. The summed E-state index contributed by atoms with van der Waals surface area (Å²) in [4.78, 5) is 12.8. The fraction of sp³-hybridized carbons (Fsp3) is 0.350. The van der Waals surface area contributed by atoms with Gasteiger partial charge in [0.2, 0.25) is 10.0 Å². The number of rotatable bonds is 4. The second kappa shape index (κ2) is 8.42. The van der Waals surface area contributed by atoms with Crippen molar-refractivity contribution in [3.8, 4) is 0 Å². The van der Waals surface area contributed by atoms with Crippen molar-refractivity contribution in [2.24, 2.45) is 0 Å². The maximum absolute atomic E-state index is 12.9. The van der Waals surface area contributed by atoms with Gasteiger partial charge in [-0.05, 0) is 61.7 Å². The number of nitrogens with one attached hydrogen (secondary N) is 1. The minimum absolute atomic E-state index is 0.157. The molecule has 1 aliphatic rings. The van der Waals surface area contributed by atoms with E-state index in [4.69, 9.17) is 11.6 Å². The van der Waals surface area contributed by atoms with E-state index in [0.717, 1.165) is 31.2 Å². The monoisotopic (exact) mass is 406 g/mol. The predicted octanol–water partition coefficient (Wildman–Crippen LogP) is 4.47. The Morgan fingerprint density at radius 3 is 2.41 bits per heavy atom. The molecule has 7 heteroatoms. The number of carbonyl (C=O) groups is 1. The van der Waals surface area contributed by atoms with E-state index in [1.807, 2.05) is 6.92 Å². The number of hydrogen-bond donors (Lipinski definition) is 1. The Hall–Kier alpha value is -1.89. The van der Waals surface area contributed by atoms with E-state index in [1.165, 1.54) is 10.4 Å².